The highest BCUT2D eigenvalue weighted by atomic mass is 16.3. The summed E-state index contributed by atoms with van der Waals surface area (Å²) in [6.45, 7) is 4.06. The maximum Gasteiger partial charge on any atom is 0.142 e. The summed E-state index contributed by atoms with van der Waals surface area (Å²) in [5.41, 5.74) is 4.14. The van der Waals surface area contributed by atoms with E-state index in [1.807, 2.05) is 13.0 Å². The fraction of sp³-hybridized carbons (Fsp3) is 0.200. The molecule has 2 N–H and O–H groups in total. The Morgan fingerprint density at radius 1 is 1.12 bits per heavy atom. The van der Waals surface area contributed by atoms with Crippen molar-refractivity contribution in [3.05, 3.63) is 41.5 Å². The van der Waals surface area contributed by atoms with Gasteiger partial charge in [-0.3, -0.25) is 0 Å². The summed E-state index contributed by atoms with van der Waals surface area (Å²) in [5, 5.41) is 12.3. The molecule has 0 aliphatic heterocycles. The van der Waals surface area contributed by atoms with E-state index in [4.69, 9.17) is 0 Å². The fourth-order valence-electron chi connectivity index (χ4n) is 2.32. The number of H-pyrrole nitrogens is 1. The van der Waals surface area contributed by atoms with Gasteiger partial charge in [0.25, 0.3) is 0 Å². The predicted octanol–water partition coefficient (Wildman–Crippen LogP) is 3.90. The van der Waals surface area contributed by atoms with Crippen molar-refractivity contribution >= 4 is 21.8 Å². The van der Waals surface area contributed by atoms with E-state index in [-0.39, 0.29) is 0 Å². The summed E-state index contributed by atoms with van der Waals surface area (Å²) in [7, 11) is 0. The van der Waals surface area contributed by atoms with Crippen LogP contribution in [0.5, 0.6) is 5.75 Å². The molecule has 0 fully saturated rings. The van der Waals surface area contributed by atoms with Gasteiger partial charge in [0.15, 0.2) is 0 Å². The van der Waals surface area contributed by atoms with E-state index < -0.39 is 0 Å². The highest BCUT2D eigenvalue weighted by molar-refractivity contribution is 6.09. The quantitative estimate of drug-likeness (QED) is 0.647. The molecule has 0 spiro atoms. The molecule has 86 valence electrons. The molecule has 1 aromatic heterocycles. The number of phenols is 1. The zero-order valence-corrected chi connectivity index (χ0v) is 10.0. The fourth-order valence-corrected chi connectivity index (χ4v) is 2.32. The van der Waals surface area contributed by atoms with Crippen molar-refractivity contribution < 1.29 is 5.11 Å². The molecule has 1 heterocycles. The number of aryl methyl sites for hydroxylation is 2. The second-order valence-electron chi connectivity index (χ2n) is 4.51. The topological polar surface area (TPSA) is 36.0 Å². The number of fused-ring (bicyclic) bond motifs is 3. The summed E-state index contributed by atoms with van der Waals surface area (Å²) in [5.74, 6) is 0.358. The molecule has 0 aliphatic rings. The number of phenolic OH excluding ortho intramolecular Hbond substituents is 1. The van der Waals surface area contributed by atoms with Gasteiger partial charge in [0.2, 0.25) is 0 Å². The molecule has 2 nitrogen and oxygen atoms in total. The monoisotopic (exact) mass is 225 g/mol. The molecule has 3 aromatic rings. The first-order valence-corrected chi connectivity index (χ1v) is 5.93. The van der Waals surface area contributed by atoms with Crippen molar-refractivity contribution in [2.45, 2.75) is 20.3 Å². The second-order valence-corrected chi connectivity index (χ2v) is 4.51. The van der Waals surface area contributed by atoms with E-state index in [0.717, 1.165) is 28.4 Å². The Bertz CT molecular complexity index is 710. The van der Waals surface area contributed by atoms with Crippen molar-refractivity contribution in [1.82, 2.24) is 4.98 Å². The predicted molar refractivity (Wildman–Crippen MR) is 71.6 cm³/mol. The van der Waals surface area contributed by atoms with Crippen LogP contribution in [0.25, 0.3) is 21.8 Å². The third kappa shape index (κ3) is 1.41. The lowest BCUT2D eigenvalue weighted by atomic mass is 10.1. The summed E-state index contributed by atoms with van der Waals surface area (Å²) < 4.78 is 0. The first-order chi connectivity index (χ1) is 8.20. The Labute approximate surface area is 99.9 Å². The van der Waals surface area contributed by atoms with Gasteiger partial charge >= 0.3 is 0 Å². The minimum absolute atomic E-state index is 0.358. The Hall–Kier alpha value is -1.96. The maximum atomic E-state index is 10.1. The van der Waals surface area contributed by atoms with E-state index in [1.54, 1.807) is 0 Å². The Balaban J connectivity index is 2.46. The average Bonchev–Trinajstić information content (AvgIpc) is 2.72. The molecule has 0 saturated carbocycles. The maximum absolute atomic E-state index is 10.1. The SMILES string of the molecule is CCc1ccc2[nH]c3c(O)c(C)ccc3c2c1. The van der Waals surface area contributed by atoms with E-state index in [2.05, 4.69) is 36.2 Å². The van der Waals surface area contributed by atoms with Gasteiger partial charge < -0.3 is 10.1 Å². The van der Waals surface area contributed by atoms with Crippen LogP contribution in [0.2, 0.25) is 0 Å². The van der Waals surface area contributed by atoms with E-state index in [1.165, 1.54) is 10.9 Å². The van der Waals surface area contributed by atoms with Crippen LogP contribution >= 0.6 is 0 Å². The van der Waals surface area contributed by atoms with Gasteiger partial charge in [0, 0.05) is 16.3 Å². The van der Waals surface area contributed by atoms with Crippen LogP contribution in [-0.2, 0) is 6.42 Å². The molecule has 0 saturated heterocycles. The zero-order chi connectivity index (χ0) is 12.0. The molecule has 3 rings (SSSR count). The van der Waals surface area contributed by atoms with E-state index >= 15 is 0 Å². The third-order valence-corrected chi connectivity index (χ3v) is 3.42. The molecule has 0 amide bonds. The number of nitrogens with one attached hydrogen (secondary N) is 1. The van der Waals surface area contributed by atoms with Crippen LogP contribution in [-0.4, -0.2) is 10.1 Å². The van der Waals surface area contributed by atoms with Crippen LogP contribution in [0.15, 0.2) is 30.3 Å². The van der Waals surface area contributed by atoms with Crippen LogP contribution < -0.4 is 0 Å². The molecule has 17 heavy (non-hydrogen) atoms. The first kappa shape index (κ1) is 10.2. The van der Waals surface area contributed by atoms with Crippen molar-refractivity contribution in [2.24, 2.45) is 0 Å². The van der Waals surface area contributed by atoms with Gasteiger partial charge in [0.1, 0.15) is 5.75 Å². The van der Waals surface area contributed by atoms with Crippen LogP contribution in [0.4, 0.5) is 0 Å². The zero-order valence-electron chi connectivity index (χ0n) is 10.0. The molecule has 0 radical (unpaired) electrons. The van der Waals surface area contributed by atoms with Crippen molar-refractivity contribution in [3.8, 4) is 5.75 Å². The molecule has 2 aromatic carbocycles. The van der Waals surface area contributed by atoms with Crippen LogP contribution in [0, 0.1) is 6.92 Å². The van der Waals surface area contributed by atoms with Gasteiger partial charge in [-0.15, -0.1) is 0 Å². The normalized spacial score (nSPS) is 11.4. The number of aromatic amines is 1. The number of aromatic nitrogens is 1. The summed E-state index contributed by atoms with van der Waals surface area (Å²) >= 11 is 0. The lowest BCUT2D eigenvalue weighted by molar-refractivity contribution is 0.476. The van der Waals surface area contributed by atoms with E-state index in [9.17, 15) is 5.11 Å². The van der Waals surface area contributed by atoms with Crippen LogP contribution in [0.1, 0.15) is 18.1 Å². The highest BCUT2D eigenvalue weighted by Crippen LogP contribution is 2.33. The molecule has 0 atom stereocenters. The minimum atomic E-state index is 0.358. The molecular formula is C15H15NO. The molecule has 0 unspecified atom stereocenters. The summed E-state index contributed by atoms with van der Waals surface area (Å²) in [6.07, 6.45) is 1.03. The minimum Gasteiger partial charge on any atom is -0.505 e. The van der Waals surface area contributed by atoms with Crippen LogP contribution in [0.3, 0.4) is 0 Å². The molecule has 2 heteroatoms. The van der Waals surface area contributed by atoms with Crippen molar-refractivity contribution in [3.63, 3.8) is 0 Å². The molecule has 0 aliphatic carbocycles. The van der Waals surface area contributed by atoms with Gasteiger partial charge in [-0.05, 0) is 36.6 Å². The Morgan fingerprint density at radius 3 is 2.71 bits per heavy atom. The second kappa shape index (κ2) is 3.52. The smallest absolute Gasteiger partial charge is 0.142 e. The average molecular weight is 225 g/mol. The van der Waals surface area contributed by atoms with Gasteiger partial charge in [-0.1, -0.05) is 25.1 Å². The standard InChI is InChI=1S/C15H15NO/c1-3-10-5-7-13-12(8-10)11-6-4-9(2)15(17)14(11)16-13/h4-8,16-17H,3H2,1-2H3. The number of hydrogen-bond acceptors (Lipinski definition) is 1. The number of hydrogen-bond donors (Lipinski definition) is 2. The lowest BCUT2D eigenvalue weighted by Crippen LogP contribution is -1.78. The summed E-state index contributed by atoms with van der Waals surface area (Å²) in [6, 6.07) is 10.4. The Kier molecular flexibility index (Phi) is 2.11. The molecule has 0 bridgehead atoms. The largest absolute Gasteiger partial charge is 0.505 e. The van der Waals surface area contributed by atoms with Gasteiger partial charge in [0.05, 0.1) is 5.52 Å². The third-order valence-electron chi connectivity index (χ3n) is 3.42. The van der Waals surface area contributed by atoms with Gasteiger partial charge in [-0.2, -0.15) is 0 Å². The number of rotatable bonds is 1. The van der Waals surface area contributed by atoms with Crippen molar-refractivity contribution in [1.29, 1.82) is 0 Å². The van der Waals surface area contributed by atoms with Crippen molar-refractivity contribution in [2.75, 3.05) is 0 Å². The number of benzene rings is 2. The summed E-state index contributed by atoms with van der Waals surface area (Å²) in [4.78, 5) is 3.29. The van der Waals surface area contributed by atoms with Gasteiger partial charge in [-0.25, -0.2) is 0 Å². The Morgan fingerprint density at radius 2 is 1.94 bits per heavy atom. The lowest BCUT2D eigenvalue weighted by Gasteiger charge is -1.99. The number of aromatic hydroxyl groups is 1. The highest BCUT2D eigenvalue weighted by Gasteiger charge is 2.09. The first-order valence-electron chi connectivity index (χ1n) is 5.93. The molecular weight excluding hydrogens is 210 g/mol. The van der Waals surface area contributed by atoms with E-state index in [0.29, 0.717) is 5.75 Å².